The molecule has 82 valence electrons. The molecular weight excluding hydrogens is 192 g/mol. The van der Waals surface area contributed by atoms with E-state index in [1.54, 1.807) is 6.92 Å². The van der Waals surface area contributed by atoms with Crippen molar-refractivity contribution in [3.8, 4) is 0 Å². The third kappa shape index (κ3) is 2.29. The average molecular weight is 208 g/mol. The Bertz CT molecular complexity index is 363. The third-order valence-corrected chi connectivity index (χ3v) is 2.58. The highest BCUT2D eigenvalue weighted by atomic mass is 16.7. The summed E-state index contributed by atoms with van der Waals surface area (Å²) in [5, 5.41) is 0. The summed E-state index contributed by atoms with van der Waals surface area (Å²) in [6.45, 7) is 10.9. The molecule has 0 aromatic carbocycles. The van der Waals surface area contributed by atoms with Gasteiger partial charge in [0.2, 0.25) is 0 Å². The fourth-order valence-corrected chi connectivity index (χ4v) is 1.31. The van der Waals surface area contributed by atoms with Crippen LogP contribution in [-0.4, -0.2) is 11.6 Å². The molecule has 0 radical (unpaired) electrons. The minimum absolute atomic E-state index is 0.0613. The summed E-state index contributed by atoms with van der Waals surface area (Å²) in [5.74, 6) is -0.271. The van der Waals surface area contributed by atoms with Crippen molar-refractivity contribution in [1.82, 2.24) is 0 Å². The van der Waals surface area contributed by atoms with E-state index in [2.05, 4.69) is 6.58 Å². The van der Waals surface area contributed by atoms with Crippen LogP contribution in [0.15, 0.2) is 35.8 Å². The maximum atomic E-state index is 10.7. The van der Waals surface area contributed by atoms with Gasteiger partial charge in [0.1, 0.15) is 5.76 Å². The number of carbonyl (C=O) groups excluding carboxylic acids is 1. The van der Waals surface area contributed by atoms with Gasteiger partial charge in [-0.25, -0.2) is 0 Å². The van der Waals surface area contributed by atoms with Crippen LogP contribution in [0.2, 0.25) is 0 Å². The molecule has 3 heteroatoms. The molecule has 1 atom stereocenters. The summed E-state index contributed by atoms with van der Waals surface area (Å²) in [6, 6.07) is 0. The van der Waals surface area contributed by atoms with Gasteiger partial charge in [-0.2, -0.15) is 0 Å². The van der Waals surface area contributed by atoms with Crippen LogP contribution in [0.4, 0.5) is 0 Å². The van der Waals surface area contributed by atoms with Gasteiger partial charge in [-0.1, -0.05) is 6.58 Å². The molecule has 0 saturated carbocycles. The summed E-state index contributed by atoms with van der Waals surface area (Å²) >= 11 is 0. The molecule has 1 aliphatic heterocycles. The number of hydrogen-bond donors (Lipinski definition) is 0. The SMILES string of the molecule is C=C1O[C@@](C)(O/C=C/C(C)=O)C(C)=C1C. The molecule has 0 unspecified atom stereocenters. The maximum Gasteiger partial charge on any atom is 0.270 e. The Hall–Kier alpha value is -1.51. The van der Waals surface area contributed by atoms with E-state index in [4.69, 9.17) is 9.47 Å². The van der Waals surface area contributed by atoms with Crippen molar-refractivity contribution in [3.63, 3.8) is 0 Å². The highest BCUT2D eigenvalue weighted by molar-refractivity contribution is 5.86. The third-order valence-electron chi connectivity index (χ3n) is 2.58. The molecule has 1 aliphatic rings. The van der Waals surface area contributed by atoms with Crippen molar-refractivity contribution in [2.24, 2.45) is 0 Å². The van der Waals surface area contributed by atoms with E-state index >= 15 is 0 Å². The maximum absolute atomic E-state index is 10.7. The second kappa shape index (κ2) is 3.93. The van der Waals surface area contributed by atoms with Crippen LogP contribution in [0.25, 0.3) is 0 Å². The van der Waals surface area contributed by atoms with Gasteiger partial charge in [-0.3, -0.25) is 4.79 Å². The minimum Gasteiger partial charge on any atom is -0.456 e. The minimum atomic E-state index is -0.826. The highest BCUT2D eigenvalue weighted by Gasteiger charge is 2.38. The van der Waals surface area contributed by atoms with Crippen LogP contribution in [-0.2, 0) is 14.3 Å². The molecule has 0 saturated heterocycles. The Kier molecular flexibility index (Phi) is 3.03. The molecule has 0 bridgehead atoms. The smallest absolute Gasteiger partial charge is 0.270 e. The van der Waals surface area contributed by atoms with Gasteiger partial charge in [0, 0.05) is 18.6 Å². The van der Waals surface area contributed by atoms with Gasteiger partial charge >= 0.3 is 0 Å². The molecule has 0 N–H and O–H groups in total. The van der Waals surface area contributed by atoms with Gasteiger partial charge < -0.3 is 9.47 Å². The summed E-state index contributed by atoms with van der Waals surface area (Å²) < 4.78 is 10.9. The number of hydrogen-bond acceptors (Lipinski definition) is 3. The van der Waals surface area contributed by atoms with Crippen LogP contribution in [0, 0.1) is 0 Å². The van der Waals surface area contributed by atoms with Gasteiger partial charge in [-0.05, 0) is 26.3 Å². The fourth-order valence-electron chi connectivity index (χ4n) is 1.31. The van der Waals surface area contributed by atoms with E-state index in [1.165, 1.54) is 19.3 Å². The molecule has 1 heterocycles. The molecule has 1 rings (SSSR count). The van der Waals surface area contributed by atoms with E-state index in [0.717, 1.165) is 11.1 Å². The second-order valence-electron chi connectivity index (χ2n) is 3.75. The van der Waals surface area contributed by atoms with Crippen molar-refractivity contribution in [2.75, 3.05) is 0 Å². The van der Waals surface area contributed by atoms with E-state index < -0.39 is 5.79 Å². The monoisotopic (exact) mass is 208 g/mol. The Balaban J connectivity index is 2.79. The lowest BCUT2D eigenvalue weighted by molar-refractivity contribution is -0.125. The molecular formula is C12H16O3. The van der Waals surface area contributed by atoms with Gasteiger partial charge in [0.25, 0.3) is 5.79 Å². The lowest BCUT2D eigenvalue weighted by Gasteiger charge is -2.25. The lowest BCUT2D eigenvalue weighted by Crippen LogP contribution is -2.27. The normalized spacial score (nSPS) is 26.0. The number of allylic oxidation sites excluding steroid dienone is 2. The van der Waals surface area contributed by atoms with E-state index in [9.17, 15) is 4.79 Å². The quantitative estimate of drug-likeness (QED) is 0.528. The van der Waals surface area contributed by atoms with Crippen molar-refractivity contribution in [2.45, 2.75) is 33.5 Å². The van der Waals surface area contributed by atoms with Crippen LogP contribution in [0.1, 0.15) is 27.7 Å². The van der Waals surface area contributed by atoms with E-state index in [0.29, 0.717) is 5.76 Å². The molecule has 0 fully saturated rings. The zero-order valence-corrected chi connectivity index (χ0v) is 9.59. The van der Waals surface area contributed by atoms with E-state index in [-0.39, 0.29) is 5.78 Å². The summed E-state index contributed by atoms with van der Waals surface area (Å²) in [7, 11) is 0. The van der Waals surface area contributed by atoms with Crippen LogP contribution < -0.4 is 0 Å². The molecule has 0 amide bonds. The lowest BCUT2D eigenvalue weighted by atomic mass is 10.1. The van der Waals surface area contributed by atoms with Crippen LogP contribution in [0.5, 0.6) is 0 Å². The zero-order chi connectivity index (χ0) is 11.6. The first-order chi connectivity index (χ1) is 6.87. The Morgan fingerprint density at radius 1 is 1.53 bits per heavy atom. The Morgan fingerprint density at radius 2 is 2.13 bits per heavy atom. The number of rotatable bonds is 3. The number of ketones is 1. The van der Waals surface area contributed by atoms with Crippen molar-refractivity contribution >= 4 is 5.78 Å². The number of ether oxygens (including phenoxy) is 2. The van der Waals surface area contributed by atoms with Gasteiger partial charge in [-0.15, -0.1) is 0 Å². The molecule has 0 aromatic rings. The first-order valence-corrected chi connectivity index (χ1v) is 4.78. The molecule has 3 nitrogen and oxygen atoms in total. The van der Waals surface area contributed by atoms with Crippen LogP contribution in [0.3, 0.4) is 0 Å². The Morgan fingerprint density at radius 3 is 2.53 bits per heavy atom. The summed E-state index contributed by atoms with van der Waals surface area (Å²) in [4.78, 5) is 10.7. The second-order valence-corrected chi connectivity index (χ2v) is 3.75. The van der Waals surface area contributed by atoms with E-state index in [1.807, 2.05) is 13.8 Å². The fraction of sp³-hybridized carbons (Fsp3) is 0.417. The van der Waals surface area contributed by atoms with Crippen molar-refractivity contribution in [1.29, 1.82) is 0 Å². The highest BCUT2D eigenvalue weighted by Crippen LogP contribution is 2.37. The Labute approximate surface area is 90.1 Å². The predicted molar refractivity (Wildman–Crippen MR) is 57.9 cm³/mol. The number of carbonyl (C=O) groups is 1. The van der Waals surface area contributed by atoms with Gasteiger partial charge in [0.05, 0.1) is 6.26 Å². The van der Waals surface area contributed by atoms with Crippen LogP contribution >= 0.6 is 0 Å². The molecule has 0 aliphatic carbocycles. The predicted octanol–water partition coefficient (Wildman–Crippen LogP) is 2.70. The standard InChI is InChI=1S/C12H16O3/c1-8(13)6-7-14-12(5)10(3)9(2)11(4)15-12/h6-7H,4H2,1-3,5H3/b7-6+/t12-/m1/s1. The average Bonchev–Trinajstić information content (AvgIpc) is 2.30. The zero-order valence-electron chi connectivity index (χ0n) is 9.59. The first kappa shape index (κ1) is 11.6. The largest absolute Gasteiger partial charge is 0.456 e. The molecule has 15 heavy (non-hydrogen) atoms. The summed E-state index contributed by atoms with van der Waals surface area (Å²) in [5.41, 5.74) is 1.97. The van der Waals surface area contributed by atoms with Crippen molar-refractivity contribution in [3.05, 3.63) is 35.8 Å². The topological polar surface area (TPSA) is 35.5 Å². The van der Waals surface area contributed by atoms with Gasteiger partial charge in [0.15, 0.2) is 5.78 Å². The first-order valence-electron chi connectivity index (χ1n) is 4.78. The van der Waals surface area contributed by atoms with Crippen molar-refractivity contribution < 1.29 is 14.3 Å². The molecule has 0 aromatic heterocycles. The molecule has 0 spiro atoms. The summed E-state index contributed by atoms with van der Waals surface area (Å²) in [6.07, 6.45) is 2.72.